The van der Waals surface area contributed by atoms with Crippen LogP contribution in [0.3, 0.4) is 0 Å². The molecule has 0 aliphatic carbocycles. The van der Waals surface area contributed by atoms with Crippen LogP contribution in [0.2, 0.25) is 0 Å². The van der Waals surface area contributed by atoms with Crippen LogP contribution in [0.1, 0.15) is 75.2 Å². The van der Waals surface area contributed by atoms with Crippen LogP contribution in [0.4, 0.5) is 5.69 Å². The molecule has 0 N–H and O–H groups in total. The second kappa shape index (κ2) is 14.3. The summed E-state index contributed by atoms with van der Waals surface area (Å²) in [4.78, 5) is 59.8. The highest BCUT2D eigenvalue weighted by Crippen LogP contribution is 2.40. The Balaban J connectivity index is 2.42. The van der Waals surface area contributed by atoms with Crippen LogP contribution in [-0.4, -0.2) is 28.8 Å². The van der Waals surface area contributed by atoms with Gasteiger partial charge in [-0.1, -0.05) is 20.8 Å². The average molecular weight is 516 g/mol. The Kier molecular flexibility index (Phi) is 11.2. The van der Waals surface area contributed by atoms with Gasteiger partial charge in [0.1, 0.15) is 6.61 Å². The predicted molar refractivity (Wildman–Crippen MR) is 130 cm³/mol. The summed E-state index contributed by atoms with van der Waals surface area (Å²) in [6.45, 7) is 5.11. The largest absolute Gasteiger partial charge is 0.457 e. The molecule has 0 aliphatic rings. The normalized spacial score (nSPS) is 10.4. The van der Waals surface area contributed by atoms with Gasteiger partial charge < -0.3 is 18.9 Å². The molecule has 198 valence electrons. The van der Waals surface area contributed by atoms with Crippen molar-refractivity contribution < 1.29 is 43.0 Å². The van der Waals surface area contributed by atoms with Crippen molar-refractivity contribution in [3.8, 4) is 17.2 Å². The van der Waals surface area contributed by atoms with Crippen molar-refractivity contribution in [1.82, 2.24) is 0 Å². The van der Waals surface area contributed by atoms with E-state index in [9.17, 15) is 29.3 Å². The van der Waals surface area contributed by atoms with Gasteiger partial charge in [-0.05, 0) is 49.1 Å². The number of rotatable bonds is 13. The smallest absolute Gasteiger partial charge is 0.338 e. The van der Waals surface area contributed by atoms with E-state index in [2.05, 4.69) is 0 Å². The summed E-state index contributed by atoms with van der Waals surface area (Å²) in [6, 6.07) is 7.77. The van der Waals surface area contributed by atoms with Crippen molar-refractivity contribution in [3.05, 3.63) is 57.6 Å². The number of nitro benzene ring substituents is 1. The Bertz CT molecular complexity index is 1100. The zero-order chi connectivity index (χ0) is 27.4. The van der Waals surface area contributed by atoms with Crippen molar-refractivity contribution in [2.45, 2.75) is 65.9 Å². The second-order valence-corrected chi connectivity index (χ2v) is 7.97. The zero-order valence-electron chi connectivity index (χ0n) is 20.9. The highest BCUT2D eigenvalue weighted by Gasteiger charge is 2.25. The number of benzene rings is 2. The molecule has 0 saturated carbocycles. The maximum atomic E-state index is 12.8. The molecule has 11 nitrogen and oxygen atoms in total. The Morgan fingerprint density at radius 3 is 1.65 bits per heavy atom. The van der Waals surface area contributed by atoms with Gasteiger partial charge in [0.15, 0.2) is 11.5 Å². The molecule has 0 radical (unpaired) electrons. The molecule has 0 atom stereocenters. The minimum atomic E-state index is -0.856. The Morgan fingerprint density at radius 1 is 0.757 bits per heavy atom. The Morgan fingerprint density at radius 2 is 1.22 bits per heavy atom. The predicted octanol–water partition coefficient (Wildman–Crippen LogP) is 5.07. The quantitative estimate of drug-likeness (QED) is 0.153. The van der Waals surface area contributed by atoms with Gasteiger partial charge in [0, 0.05) is 31.4 Å². The lowest BCUT2D eigenvalue weighted by Gasteiger charge is -2.16. The molecule has 11 heteroatoms. The summed E-state index contributed by atoms with van der Waals surface area (Å²) in [7, 11) is 0. The first-order valence-corrected chi connectivity index (χ1v) is 11.9. The fraction of sp³-hybridized carbons (Fsp3) is 0.385. The molecule has 0 unspecified atom stereocenters. The standard InChI is InChI=1S/C26H29NO10/c1-4-7-22(28)35-20-14-18(26(31)34-16-17-10-12-19(13-11-17)27(32)33)15-21(36-23(29)8-5-2)25(20)37-24(30)9-6-3/h10-15H,4-9,16H2,1-3H3. The van der Waals surface area contributed by atoms with Gasteiger partial charge in [-0.2, -0.15) is 0 Å². The summed E-state index contributed by atoms with van der Waals surface area (Å²) < 4.78 is 21.4. The van der Waals surface area contributed by atoms with E-state index in [4.69, 9.17) is 18.9 Å². The summed E-state index contributed by atoms with van der Waals surface area (Å²) in [6.07, 6.45) is 1.63. The molecule has 0 amide bonds. The third kappa shape index (κ3) is 9.02. The van der Waals surface area contributed by atoms with Crippen LogP contribution in [0.25, 0.3) is 0 Å². The Labute approximate surface area is 213 Å². The van der Waals surface area contributed by atoms with Gasteiger partial charge in [-0.15, -0.1) is 0 Å². The van der Waals surface area contributed by atoms with Gasteiger partial charge >= 0.3 is 23.9 Å². The second-order valence-electron chi connectivity index (χ2n) is 7.97. The van der Waals surface area contributed by atoms with E-state index >= 15 is 0 Å². The van der Waals surface area contributed by atoms with E-state index in [-0.39, 0.29) is 54.4 Å². The summed E-state index contributed by atoms with van der Waals surface area (Å²) in [5.74, 6) is -3.62. The van der Waals surface area contributed by atoms with E-state index in [1.807, 2.05) is 0 Å². The molecular weight excluding hydrogens is 486 g/mol. The fourth-order valence-electron chi connectivity index (χ4n) is 3.02. The minimum absolute atomic E-state index is 0.0577. The summed E-state index contributed by atoms with van der Waals surface area (Å²) >= 11 is 0. The Hall–Kier alpha value is -4.28. The molecule has 37 heavy (non-hydrogen) atoms. The first kappa shape index (κ1) is 29.0. The first-order valence-electron chi connectivity index (χ1n) is 11.9. The first-order chi connectivity index (χ1) is 17.7. The number of carbonyl (C=O) groups excluding carboxylic acids is 4. The lowest BCUT2D eigenvalue weighted by Crippen LogP contribution is -2.16. The van der Waals surface area contributed by atoms with E-state index in [1.54, 1.807) is 20.8 Å². The number of esters is 4. The third-order valence-corrected chi connectivity index (χ3v) is 4.80. The van der Waals surface area contributed by atoms with Gasteiger partial charge in [0.05, 0.1) is 10.5 Å². The number of carbonyl (C=O) groups is 4. The molecule has 2 rings (SSSR count). The third-order valence-electron chi connectivity index (χ3n) is 4.80. The lowest BCUT2D eigenvalue weighted by atomic mass is 10.1. The molecule has 0 saturated heterocycles. The molecule has 2 aromatic carbocycles. The highest BCUT2D eigenvalue weighted by molar-refractivity contribution is 5.92. The van der Waals surface area contributed by atoms with E-state index in [1.165, 1.54) is 24.3 Å². The van der Waals surface area contributed by atoms with E-state index in [0.717, 1.165) is 12.1 Å². The minimum Gasteiger partial charge on any atom is -0.457 e. The number of ether oxygens (including phenoxy) is 4. The van der Waals surface area contributed by atoms with E-state index < -0.39 is 28.8 Å². The van der Waals surface area contributed by atoms with Crippen molar-refractivity contribution in [2.24, 2.45) is 0 Å². The monoisotopic (exact) mass is 515 g/mol. The van der Waals surface area contributed by atoms with E-state index in [0.29, 0.717) is 24.8 Å². The average Bonchev–Trinajstić information content (AvgIpc) is 2.85. The van der Waals surface area contributed by atoms with Gasteiger partial charge in [0.25, 0.3) is 5.69 Å². The molecular formula is C26H29NO10. The van der Waals surface area contributed by atoms with Crippen LogP contribution in [0, 0.1) is 10.1 Å². The molecule has 2 aromatic rings. The van der Waals surface area contributed by atoms with Crippen LogP contribution in [0.5, 0.6) is 17.2 Å². The zero-order valence-corrected chi connectivity index (χ0v) is 20.9. The maximum Gasteiger partial charge on any atom is 0.338 e. The molecule has 0 bridgehead atoms. The van der Waals surface area contributed by atoms with Gasteiger partial charge in [0.2, 0.25) is 5.75 Å². The van der Waals surface area contributed by atoms with Crippen molar-refractivity contribution in [1.29, 1.82) is 0 Å². The van der Waals surface area contributed by atoms with Crippen molar-refractivity contribution in [2.75, 3.05) is 0 Å². The number of nitro groups is 1. The number of nitrogens with zero attached hydrogens (tertiary/aromatic N) is 1. The number of hydrogen-bond donors (Lipinski definition) is 0. The van der Waals surface area contributed by atoms with Crippen LogP contribution in [-0.2, 0) is 25.7 Å². The topological polar surface area (TPSA) is 148 Å². The number of non-ortho nitro benzene ring substituents is 1. The highest BCUT2D eigenvalue weighted by atomic mass is 16.6. The maximum absolute atomic E-state index is 12.8. The fourth-order valence-corrected chi connectivity index (χ4v) is 3.02. The van der Waals surface area contributed by atoms with Gasteiger partial charge in [-0.3, -0.25) is 24.5 Å². The molecule has 0 spiro atoms. The van der Waals surface area contributed by atoms with Crippen molar-refractivity contribution in [3.63, 3.8) is 0 Å². The molecule has 0 fully saturated rings. The molecule has 0 aromatic heterocycles. The van der Waals surface area contributed by atoms with Crippen LogP contribution >= 0.6 is 0 Å². The molecule has 0 heterocycles. The summed E-state index contributed by atoms with van der Waals surface area (Å²) in [5, 5.41) is 10.8. The summed E-state index contributed by atoms with van der Waals surface area (Å²) in [5.41, 5.74) is 0.254. The van der Waals surface area contributed by atoms with Crippen LogP contribution < -0.4 is 14.2 Å². The van der Waals surface area contributed by atoms with Crippen LogP contribution in [0.15, 0.2) is 36.4 Å². The number of hydrogen-bond acceptors (Lipinski definition) is 10. The van der Waals surface area contributed by atoms with Crippen molar-refractivity contribution >= 4 is 29.6 Å². The SMILES string of the molecule is CCCC(=O)Oc1cc(C(=O)OCc2ccc([N+](=O)[O-])cc2)cc(OC(=O)CCC)c1OC(=O)CCC. The lowest BCUT2D eigenvalue weighted by molar-refractivity contribution is -0.384. The van der Waals surface area contributed by atoms with Gasteiger partial charge in [-0.25, -0.2) is 4.79 Å². The molecule has 0 aliphatic heterocycles.